The summed E-state index contributed by atoms with van der Waals surface area (Å²) < 4.78 is 21.1. The van der Waals surface area contributed by atoms with Crippen molar-refractivity contribution in [1.82, 2.24) is 0 Å². The van der Waals surface area contributed by atoms with Gasteiger partial charge in [-0.2, -0.15) is 0 Å². The lowest BCUT2D eigenvalue weighted by atomic mass is 10.0. The van der Waals surface area contributed by atoms with Crippen LogP contribution >= 0.6 is 16.3 Å². The van der Waals surface area contributed by atoms with E-state index in [0.29, 0.717) is 28.4 Å². The Morgan fingerprint density at radius 3 is 2.09 bits per heavy atom. The first-order valence-corrected chi connectivity index (χ1v) is 7.52. The zero-order valence-electron chi connectivity index (χ0n) is 13.7. The van der Waals surface area contributed by atoms with Crippen molar-refractivity contribution < 1.29 is 33.0 Å². The van der Waals surface area contributed by atoms with E-state index >= 15 is 0 Å². The van der Waals surface area contributed by atoms with E-state index in [1.807, 2.05) is 6.92 Å². The Morgan fingerprint density at radius 1 is 1.13 bits per heavy atom. The molecule has 0 aromatic heterocycles. The minimum absolute atomic E-state index is 0.334. The largest absolute Gasteiger partial charge is 0.496 e. The van der Waals surface area contributed by atoms with E-state index in [1.165, 1.54) is 14.0 Å². The summed E-state index contributed by atoms with van der Waals surface area (Å²) in [5.74, 6) is 0.720. The predicted molar refractivity (Wildman–Crippen MR) is 86.0 cm³/mol. The van der Waals surface area contributed by atoms with Gasteiger partial charge in [-0.05, 0) is 20.8 Å². The van der Waals surface area contributed by atoms with Gasteiger partial charge in [-0.25, -0.2) is 0 Å². The average Bonchev–Trinajstić information content (AvgIpc) is 2.50. The minimum atomic E-state index is -1.39. The first-order valence-electron chi connectivity index (χ1n) is 6.87. The Labute approximate surface area is 143 Å². The van der Waals surface area contributed by atoms with Crippen LogP contribution in [-0.2, 0) is 9.53 Å². The molecule has 23 heavy (non-hydrogen) atoms. The summed E-state index contributed by atoms with van der Waals surface area (Å²) in [5.41, 5.74) is 2.04. The van der Waals surface area contributed by atoms with Crippen molar-refractivity contribution in [2.24, 2.45) is 0 Å². The molecule has 0 heterocycles. The van der Waals surface area contributed by atoms with Gasteiger partial charge < -0.3 is 28.3 Å². The summed E-state index contributed by atoms with van der Waals surface area (Å²) in [6.07, 6.45) is -2.75. The number of carbonyl (C=O) groups excluding carboxylic acids is 1. The Kier molecular flexibility index (Phi) is 7.11. The van der Waals surface area contributed by atoms with Gasteiger partial charge in [0.1, 0.15) is 17.2 Å². The van der Waals surface area contributed by atoms with Crippen LogP contribution in [0.1, 0.15) is 23.6 Å². The van der Waals surface area contributed by atoms with E-state index in [-0.39, 0.29) is 0 Å². The SMILES string of the molecule is COc1c(C)c(OBr)c(C)c(OC(OC(C)=O)C(O)CO)c1C. The Hall–Kier alpha value is -1.51. The van der Waals surface area contributed by atoms with Gasteiger partial charge in [-0.3, -0.25) is 4.79 Å². The topological polar surface area (TPSA) is 94.5 Å². The Balaban J connectivity index is 3.37. The summed E-state index contributed by atoms with van der Waals surface area (Å²) in [7, 11) is 1.51. The molecule has 0 aliphatic rings. The van der Waals surface area contributed by atoms with Crippen molar-refractivity contribution >= 4 is 22.2 Å². The van der Waals surface area contributed by atoms with Gasteiger partial charge in [-0.1, -0.05) is 0 Å². The summed E-state index contributed by atoms with van der Waals surface area (Å²) in [6.45, 7) is 5.90. The minimum Gasteiger partial charge on any atom is -0.496 e. The number of aliphatic hydroxyl groups excluding tert-OH is 2. The third kappa shape index (κ3) is 4.27. The van der Waals surface area contributed by atoms with Gasteiger partial charge in [0.2, 0.25) is 0 Å². The molecule has 0 bridgehead atoms. The van der Waals surface area contributed by atoms with Crippen molar-refractivity contribution in [3.8, 4) is 17.2 Å². The van der Waals surface area contributed by atoms with Crippen molar-refractivity contribution in [2.45, 2.75) is 40.1 Å². The smallest absolute Gasteiger partial charge is 0.305 e. The first-order chi connectivity index (χ1) is 10.8. The molecule has 0 spiro atoms. The molecule has 0 radical (unpaired) electrons. The molecule has 8 heteroatoms. The average molecular weight is 393 g/mol. The number of ether oxygens (including phenoxy) is 3. The van der Waals surface area contributed by atoms with Crippen molar-refractivity contribution in [3.63, 3.8) is 0 Å². The van der Waals surface area contributed by atoms with Crippen LogP contribution < -0.4 is 13.3 Å². The number of esters is 1. The number of benzene rings is 1. The van der Waals surface area contributed by atoms with Gasteiger partial charge in [-0.15, -0.1) is 0 Å². The van der Waals surface area contributed by atoms with Crippen molar-refractivity contribution in [2.75, 3.05) is 13.7 Å². The van der Waals surface area contributed by atoms with E-state index in [4.69, 9.17) is 23.1 Å². The lowest BCUT2D eigenvalue weighted by Crippen LogP contribution is -2.38. The second kappa shape index (κ2) is 8.37. The molecular formula is C15H21BrO7. The van der Waals surface area contributed by atoms with Crippen LogP contribution in [0.2, 0.25) is 0 Å². The molecule has 2 N–H and O–H groups in total. The predicted octanol–water partition coefficient (Wildman–Crippen LogP) is 1.93. The standard InChI is InChI=1S/C15H21BrO7/c1-7-12(20-5)8(2)14(23-16)9(3)13(7)22-15(11(19)6-17)21-10(4)18/h11,15,17,19H,6H2,1-5H3. The number of hydrogen-bond acceptors (Lipinski definition) is 7. The van der Waals surface area contributed by atoms with Crippen molar-refractivity contribution in [3.05, 3.63) is 16.7 Å². The third-order valence-corrected chi connectivity index (χ3v) is 3.67. The quantitative estimate of drug-likeness (QED) is 0.540. The monoisotopic (exact) mass is 392 g/mol. The first kappa shape index (κ1) is 19.5. The molecule has 0 fully saturated rings. The maximum atomic E-state index is 11.2. The van der Waals surface area contributed by atoms with Crippen LogP contribution in [0.4, 0.5) is 0 Å². The number of halogens is 1. The molecule has 0 aliphatic carbocycles. The summed E-state index contributed by atoms with van der Waals surface area (Å²) in [6, 6.07) is 0. The van der Waals surface area contributed by atoms with Crippen LogP contribution in [0.25, 0.3) is 0 Å². The fourth-order valence-electron chi connectivity index (χ4n) is 2.30. The summed E-state index contributed by atoms with van der Waals surface area (Å²) in [4.78, 5) is 11.2. The van der Waals surface area contributed by atoms with E-state index in [0.717, 1.165) is 5.56 Å². The zero-order chi connectivity index (χ0) is 17.7. The molecule has 2 atom stereocenters. The van der Waals surface area contributed by atoms with Crippen LogP contribution in [0.15, 0.2) is 0 Å². The number of aliphatic hydroxyl groups is 2. The van der Waals surface area contributed by atoms with Crippen LogP contribution in [-0.4, -0.2) is 42.3 Å². The van der Waals surface area contributed by atoms with E-state index in [2.05, 4.69) is 16.3 Å². The summed E-state index contributed by atoms with van der Waals surface area (Å²) in [5, 5.41) is 18.9. The molecule has 0 saturated carbocycles. The molecule has 0 aliphatic heterocycles. The lowest BCUT2D eigenvalue weighted by molar-refractivity contribution is -0.181. The highest BCUT2D eigenvalue weighted by atomic mass is 79.9. The second-order valence-corrected chi connectivity index (χ2v) is 5.31. The van der Waals surface area contributed by atoms with Crippen molar-refractivity contribution in [1.29, 1.82) is 0 Å². The zero-order valence-corrected chi connectivity index (χ0v) is 15.3. The van der Waals surface area contributed by atoms with E-state index < -0.39 is 25.0 Å². The maximum Gasteiger partial charge on any atom is 0.305 e. The molecule has 1 rings (SSSR count). The molecule has 0 saturated heterocycles. The normalized spacial score (nSPS) is 13.2. The van der Waals surface area contributed by atoms with Crippen LogP contribution in [0.5, 0.6) is 17.2 Å². The molecule has 1 aromatic rings. The van der Waals surface area contributed by atoms with Crippen LogP contribution in [0, 0.1) is 20.8 Å². The van der Waals surface area contributed by atoms with E-state index in [9.17, 15) is 9.90 Å². The number of rotatable bonds is 7. The highest BCUT2D eigenvalue weighted by Crippen LogP contribution is 2.43. The summed E-state index contributed by atoms with van der Waals surface area (Å²) >= 11 is 2.94. The van der Waals surface area contributed by atoms with E-state index in [1.54, 1.807) is 13.8 Å². The highest BCUT2D eigenvalue weighted by molar-refractivity contribution is 9.06. The fourth-order valence-corrected chi connectivity index (χ4v) is 2.78. The van der Waals surface area contributed by atoms with Gasteiger partial charge in [0.05, 0.1) is 13.7 Å². The molecular weight excluding hydrogens is 372 g/mol. The molecule has 7 nitrogen and oxygen atoms in total. The van der Waals surface area contributed by atoms with Gasteiger partial charge in [0.15, 0.2) is 22.4 Å². The third-order valence-electron chi connectivity index (χ3n) is 3.34. The van der Waals surface area contributed by atoms with Gasteiger partial charge in [0, 0.05) is 23.6 Å². The number of hydrogen-bond donors (Lipinski definition) is 2. The lowest BCUT2D eigenvalue weighted by Gasteiger charge is -2.26. The maximum absolute atomic E-state index is 11.2. The Bertz CT molecular complexity index is 542. The molecule has 130 valence electrons. The molecule has 2 unspecified atom stereocenters. The molecule has 0 amide bonds. The van der Waals surface area contributed by atoms with Crippen LogP contribution in [0.3, 0.4) is 0 Å². The highest BCUT2D eigenvalue weighted by Gasteiger charge is 2.28. The fraction of sp³-hybridized carbons (Fsp3) is 0.533. The molecule has 1 aromatic carbocycles. The second-order valence-electron chi connectivity index (χ2n) is 4.99. The number of carbonyl (C=O) groups is 1. The van der Waals surface area contributed by atoms with Gasteiger partial charge in [0.25, 0.3) is 6.29 Å². The Morgan fingerprint density at radius 2 is 1.65 bits per heavy atom. The van der Waals surface area contributed by atoms with Gasteiger partial charge >= 0.3 is 5.97 Å². The number of methoxy groups -OCH3 is 1.